The van der Waals surface area contributed by atoms with Gasteiger partial charge >= 0.3 is 0 Å². The van der Waals surface area contributed by atoms with E-state index in [1.54, 1.807) is 17.8 Å². The van der Waals surface area contributed by atoms with E-state index in [0.29, 0.717) is 10.2 Å². The van der Waals surface area contributed by atoms with Crippen molar-refractivity contribution in [1.29, 1.82) is 0 Å². The molecule has 2 rings (SSSR count). The Morgan fingerprint density at radius 3 is 2.47 bits per heavy atom. The van der Waals surface area contributed by atoms with Crippen LogP contribution in [0.3, 0.4) is 0 Å². The summed E-state index contributed by atoms with van der Waals surface area (Å²) in [6, 6.07) is 6.09. The molecule has 0 unspecified atom stereocenters. The predicted octanol–water partition coefficient (Wildman–Crippen LogP) is 4.80. The Hall–Kier alpha value is -1.01. The molecule has 2 aromatic rings. The molecule has 0 spiro atoms. The molecule has 2 nitrogen and oxygen atoms in total. The van der Waals surface area contributed by atoms with Crippen LogP contribution in [0.15, 0.2) is 33.2 Å². The first-order valence-corrected chi connectivity index (χ1v) is 7.74. The summed E-state index contributed by atoms with van der Waals surface area (Å²) < 4.78 is 33.0. The molecule has 0 saturated carbocycles. The number of rotatable bonds is 5. The number of thioether (sulfide) groups is 1. The standard InChI is InChI=1S/C13H12BrF2NOS/c1-19-7-10-3-2-9(18-10)6-17-13-11(15)4-8(14)5-12(13)16/h2-5,17H,6-7H2,1H3. The maximum absolute atomic E-state index is 13.6. The molecule has 0 saturated heterocycles. The third kappa shape index (κ3) is 3.73. The fourth-order valence-corrected chi connectivity index (χ4v) is 2.47. The van der Waals surface area contributed by atoms with E-state index >= 15 is 0 Å². The lowest BCUT2D eigenvalue weighted by Gasteiger charge is -2.07. The van der Waals surface area contributed by atoms with E-state index in [4.69, 9.17) is 4.42 Å². The molecule has 1 aromatic carbocycles. The smallest absolute Gasteiger partial charge is 0.150 e. The van der Waals surface area contributed by atoms with Crippen LogP contribution in [-0.4, -0.2) is 6.26 Å². The topological polar surface area (TPSA) is 25.2 Å². The Morgan fingerprint density at radius 1 is 1.21 bits per heavy atom. The average molecular weight is 348 g/mol. The minimum atomic E-state index is -0.636. The van der Waals surface area contributed by atoms with Gasteiger partial charge in [0.05, 0.1) is 12.3 Å². The molecular weight excluding hydrogens is 336 g/mol. The van der Waals surface area contributed by atoms with E-state index in [2.05, 4.69) is 21.2 Å². The Balaban J connectivity index is 2.05. The lowest BCUT2D eigenvalue weighted by molar-refractivity contribution is 0.486. The molecule has 0 fully saturated rings. The summed E-state index contributed by atoms with van der Waals surface area (Å²) in [7, 11) is 0. The van der Waals surface area contributed by atoms with Crippen molar-refractivity contribution in [2.45, 2.75) is 12.3 Å². The van der Waals surface area contributed by atoms with Crippen LogP contribution in [0.5, 0.6) is 0 Å². The number of hydrogen-bond acceptors (Lipinski definition) is 3. The van der Waals surface area contributed by atoms with Crippen LogP contribution < -0.4 is 5.32 Å². The highest BCUT2D eigenvalue weighted by Gasteiger charge is 2.11. The van der Waals surface area contributed by atoms with Crippen LogP contribution >= 0.6 is 27.7 Å². The van der Waals surface area contributed by atoms with E-state index in [0.717, 1.165) is 11.5 Å². The van der Waals surface area contributed by atoms with Gasteiger partial charge in [0.15, 0.2) is 0 Å². The molecule has 0 atom stereocenters. The maximum atomic E-state index is 13.6. The SMILES string of the molecule is CSCc1ccc(CNc2c(F)cc(Br)cc2F)o1. The number of nitrogens with one attached hydrogen (secondary N) is 1. The fourth-order valence-electron chi connectivity index (χ4n) is 1.62. The van der Waals surface area contributed by atoms with Crippen molar-refractivity contribution in [2.24, 2.45) is 0 Å². The Kier molecular flexibility index (Phi) is 4.87. The highest BCUT2D eigenvalue weighted by Crippen LogP contribution is 2.24. The van der Waals surface area contributed by atoms with Crippen molar-refractivity contribution in [2.75, 3.05) is 11.6 Å². The third-order valence-corrected chi connectivity index (χ3v) is 3.48. The molecule has 0 radical (unpaired) electrons. The quantitative estimate of drug-likeness (QED) is 0.841. The van der Waals surface area contributed by atoms with Crippen molar-refractivity contribution < 1.29 is 13.2 Å². The minimum Gasteiger partial charge on any atom is -0.463 e. The van der Waals surface area contributed by atoms with E-state index in [-0.39, 0.29) is 12.2 Å². The van der Waals surface area contributed by atoms with Gasteiger partial charge in [0, 0.05) is 4.47 Å². The minimum absolute atomic E-state index is 0.147. The summed E-state index contributed by atoms with van der Waals surface area (Å²) in [6.45, 7) is 0.240. The van der Waals surface area contributed by atoms with Crippen molar-refractivity contribution in [3.05, 3.63) is 51.9 Å². The lowest BCUT2D eigenvalue weighted by atomic mass is 10.3. The maximum Gasteiger partial charge on any atom is 0.150 e. The molecule has 102 valence electrons. The fraction of sp³-hybridized carbons (Fsp3) is 0.231. The van der Waals surface area contributed by atoms with Gasteiger partial charge in [-0.3, -0.25) is 0 Å². The lowest BCUT2D eigenvalue weighted by Crippen LogP contribution is -2.03. The average Bonchev–Trinajstić information content (AvgIpc) is 2.76. The predicted molar refractivity (Wildman–Crippen MR) is 77.3 cm³/mol. The second-order valence-electron chi connectivity index (χ2n) is 3.90. The summed E-state index contributed by atoms with van der Waals surface area (Å²) in [5.74, 6) is 0.999. The molecule has 6 heteroatoms. The van der Waals surface area contributed by atoms with Crippen LogP contribution in [0.4, 0.5) is 14.5 Å². The first kappa shape index (κ1) is 14.4. The number of halogens is 3. The van der Waals surface area contributed by atoms with Crippen LogP contribution in [0.2, 0.25) is 0 Å². The van der Waals surface area contributed by atoms with Crippen LogP contribution in [0.25, 0.3) is 0 Å². The first-order chi connectivity index (χ1) is 9.10. The zero-order chi connectivity index (χ0) is 13.8. The molecule has 0 aliphatic heterocycles. The highest BCUT2D eigenvalue weighted by molar-refractivity contribution is 9.10. The molecule has 1 N–H and O–H groups in total. The molecule has 0 aliphatic carbocycles. The normalized spacial score (nSPS) is 10.7. The van der Waals surface area contributed by atoms with Gasteiger partial charge in [-0.1, -0.05) is 15.9 Å². The van der Waals surface area contributed by atoms with Gasteiger partial charge in [0.25, 0.3) is 0 Å². The zero-order valence-electron chi connectivity index (χ0n) is 10.2. The largest absolute Gasteiger partial charge is 0.463 e. The van der Waals surface area contributed by atoms with Gasteiger partial charge in [-0.05, 0) is 30.5 Å². The molecule has 0 aliphatic rings. The Bertz CT molecular complexity index is 551. The molecular formula is C13H12BrF2NOS. The Labute approximate surface area is 122 Å². The second kappa shape index (κ2) is 6.43. The van der Waals surface area contributed by atoms with Gasteiger partial charge in [0.1, 0.15) is 28.8 Å². The summed E-state index contributed by atoms with van der Waals surface area (Å²) in [4.78, 5) is 0. The summed E-state index contributed by atoms with van der Waals surface area (Å²) in [5.41, 5.74) is -0.147. The van der Waals surface area contributed by atoms with Crippen molar-refractivity contribution >= 4 is 33.4 Å². The summed E-state index contributed by atoms with van der Waals surface area (Å²) in [6.07, 6.45) is 1.98. The number of furan rings is 1. The number of anilines is 1. The van der Waals surface area contributed by atoms with E-state index < -0.39 is 11.6 Å². The molecule has 0 bridgehead atoms. The Morgan fingerprint density at radius 2 is 1.84 bits per heavy atom. The first-order valence-electron chi connectivity index (χ1n) is 5.55. The van der Waals surface area contributed by atoms with Gasteiger partial charge < -0.3 is 9.73 Å². The van der Waals surface area contributed by atoms with Crippen LogP contribution in [-0.2, 0) is 12.3 Å². The zero-order valence-corrected chi connectivity index (χ0v) is 12.6. The van der Waals surface area contributed by atoms with Crippen molar-refractivity contribution in [3.63, 3.8) is 0 Å². The molecule has 19 heavy (non-hydrogen) atoms. The van der Waals surface area contributed by atoms with E-state index in [9.17, 15) is 8.78 Å². The van der Waals surface area contributed by atoms with Crippen LogP contribution in [0.1, 0.15) is 11.5 Å². The monoisotopic (exact) mass is 347 g/mol. The number of hydrogen-bond donors (Lipinski definition) is 1. The van der Waals surface area contributed by atoms with Gasteiger partial charge in [-0.25, -0.2) is 8.78 Å². The summed E-state index contributed by atoms with van der Waals surface area (Å²) in [5, 5.41) is 2.71. The van der Waals surface area contributed by atoms with E-state index in [1.807, 2.05) is 12.3 Å². The van der Waals surface area contributed by atoms with Crippen molar-refractivity contribution in [1.82, 2.24) is 0 Å². The van der Waals surface area contributed by atoms with Gasteiger partial charge in [-0.2, -0.15) is 11.8 Å². The van der Waals surface area contributed by atoms with Crippen molar-refractivity contribution in [3.8, 4) is 0 Å². The molecule has 1 aromatic heterocycles. The van der Waals surface area contributed by atoms with E-state index in [1.165, 1.54) is 12.1 Å². The number of benzene rings is 1. The molecule has 1 heterocycles. The van der Waals surface area contributed by atoms with Gasteiger partial charge in [-0.15, -0.1) is 0 Å². The molecule has 0 amide bonds. The highest BCUT2D eigenvalue weighted by atomic mass is 79.9. The third-order valence-electron chi connectivity index (χ3n) is 2.45. The van der Waals surface area contributed by atoms with Crippen LogP contribution in [0, 0.1) is 11.6 Å². The summed E-state index contributed by atoms with van der Waals surface area (Å²) >= 11 is 4.68. The van der Waals surface area contributed by atoms with Gasteiger partial charge in [0.2, 0.25) is 0 Å². The second-order valence-corrected chi connectivity index (χ2v) is 5.68.